The highest BCUT2D eigenvalue weighted by Gasteiger charge is 2.05. The Kier molecular flexibility index (Phi) is 5.00. The molecule has 1 aliphatic carbocycles. The number of nitrogens with one attached hydrogen (secondary N) is 1. The Morgan fingerprint density at radius 1 is 0.833 bits per heavy atom. The third-order valence-corrected chi connectivity index (χ3v) is 2.37. The molecular formula is C10H19NO. The fourth-order valence-electron chi connectivity index (χ4n) is 1.57. The molecule has 0 aromatic carbocycles. The van der Waals surface area contributed by atoms with Gasteiger partial charge in [0.15, 0.2) is 0 Å². The molecule has 70 valence electrons. The van der Waals surface area contributed by atoms with Crippen LogP contribution in [0.5, 0.6) is 0 Å². The molecule has 1 N–H and O–H groups in total. The van der Waals surface area contributed by atoms with Gasteiger partial charge >= 0.3 is 0 Å². The minimum Gasteiger partial charge on any atom is -0.317 e. The standard InChI is InChI=1S/C6H10O.C4H9N/c7-6-4-2-1-3-5-6;1-2-4-5-3-1/h1-5H2;5H,1-4H2. The fraction of sp³-hybridized carbons (Fsp3) is 0.900. The van der Waals surface area contributed by atoms with E-state index in [4.69, 9.17) is 0 Å². The first kappa shape index (κ1) is 9.72. The zero-order valence-corrected chi connectivity index (χ0v) is 7.77. The van der Waals surface area contributed by atoms with Crippen LogP contribution in [0.1, 0.15) is 44.9 Å². The van der Waals surface area contributed by atoms with E-state index < -0.39 is 0 Å². The van der Waals surface area contributed by atoms with Crippen molar-refractivity contribution in [3.63, 3.8) is 0 Å². The van der Waals surface area contributed by atoms with Crippen LogP contribution in [0.3, 0.4) is 0 Å². The van der Waals surface area contributed by atoms with Gasteiger partial charge in [-0.3, -0.25) is 4.79 Å². The van der Waals surface area contributed by atoms with Gasteiger partial charge in [-0.15, -0.1) is 0 Å². The second-order valence-corrected chi connectivity index (χ2v) is 3.56. The summed E-state index contributed by atoms with van der Waals surface area (Å²) >= 11 is 0. The zero-order chi connectivity index (χ0) is 8.65. The van der Waals surface area contributed by atoms with Crippen LogP contribution >= 0.6 is 0 Å². The molecular weight excluding hydrogens is 150 g/mol. The zero-order valence-electron chi connectivity index (χ0n) is 7.77. The molecule has 0 aromatic rings. The second-order valence-electron chi connectivity index (χ2n) is 3.56. The molecule has 12 heavy (non-hydrogen) atoms. The number of hydrogen-bond donors (Lipinski definition) is 1. The van der Waals surface area contributed by atoms with E-state index in [1.807, 2.05) is 0 Å². The molecule has 0 radical (unpaired) electrons. The summed E-state index contributed by atoms with van der Waals surface area (Å²) in [4.78, 5) is 10.5. The smallest absolute Gasteiger partial charge is 0.132 e. The van der Waals surface area contributed by atoms with Gasteiger partial charge in [0.05, 0.1) is 0 Å². The molecule has 0 bridgehead atoms. The number of Topliss-reactive ketones (excluding diaryl/α,β-unsaturated/α-hetero) is 1. The first-order valence-electron chi connectivity index (χ1n) is 5.12. The third-order valence-electron chi connectivity index (χ3n) is 2.37. The first-order valence-corrected chi connectivity index (χ1v) is 5.12. The highest BCUT2D eigenvalue weighted by atomic mass is 16.1. The molecule has 0 spiro atoms. The summed E-state index contributed by atoms with van der Waals surface area (Å²) in [7, 11) is 0. The average Bonchev–Trinajstić information content (AvgIpc) is 2.62. The van der Waals surface area contributed by atoms with Gasteiger partial charge in [-0.1, -0.05) is 6.42 Å². The lowest BCUT2D eigenvalue weighted by atomic mass is 10.00. The lowest BCUT2D eigenvalue weighted by Crippen LogP contribution is -2.03. The Morgan fingerprint density at radius 3 is 1.67 bits per heavy atom. The molecule has 2 fully saturated rings. The summed E-state index contributed by atoms with van der Waals surface area (Å²) in [5.74, 6) is 0.464. The molecule has 1 saturated heterocycles. The molecule has 1 aliphatic heterocycles. The van der Waals surface area contributed by atoms with E-state index >= 15 is 0 Å². The van der Waals surface area contributed by atoms with Crippen LogP contribution in [0.2, 0.25) is 0 Å². The van der Waals surface area contributed by atoms with Crippen molar-refractivity contribution in [1.82, 2.24) is 5.32 Å². The van der Waals surface area contributed by atoms with Crippen LogP contribution in [0.15, 0.2) is 0 Å². The lowest BCUT2D eigenvalue weighted by Gasteiger charge is -2.05. The second kappa shape index (κ2) is 6.18. The average molecular weight is 169 g/mol. The van der Waals surface area contributed by atoms with Gasteiger partial charge in [0.25, 0.3) is 0 Å². The topological polar surface area (TPSA) is 29.1 Å². The van der Waals surface area contributed by atoms with Crippen LogP contribution in [0, 0.1) is 0 Å². The predicted molar refractivity (Wildman–Crippen MR) is 50.2 cm³/mol. The molecule has 2 aliphatic rings. The molecule has 0 aromatic heterocycles. The van der Waals surface area contributed by atoms with Crippen molar-refractivity contribution in [2.45, 2.75) is 44.9 Å². The van der Waals surface area contributed by atoms with Crippen molar-refractivity contribution in [2.75, 3.05) is 13.1 Å². The van der Waals surface area contributed by atoms with E-state index in [1.54, 1.807) is 0 Å². The summed E-state index contributed by atoms with van der Waals surface area (Å²) in [5, 5.41) is 3.22. The van der Waals surface area contributed by atoms with Crippen LogP contribution < -0.4 is 5.32 Å². The van der Waals surface area contributed by atoms with Crippen molar-refractivity contribution in [3.8, 4) is 0 Å². The summed E-state index contributed by atoms with van der Waals surface area (Å²) in [6.45, 7) is 2.50. The lowest BCUT2D eigenvalue weighted by molar-refractivity contribution is -0.120. The molecule has 0 unspecified atom stereocenters. The van der Waals surface area contributed by atoms with Gasteiger partial charge in [-0.25, -0.2) is 0 Å². The van der Waals surface area contributed by atoms with Crippen molar-refractivity contribution in [3.05, 3.63) is 0 Å². The van der Waals surface area contributed by atoms with Crippen LogP contribution in [-0.4, -0.2) is 18.9 Å². The highest BCUT2D eigenvalue weighted by Crippen LogP contribution is 2.12. The Labute approximate surface area is 74.7 Å². The molecule has 1 heterocycles. The van der Waals surface area contributed by atoms with E-state index in [1.165, 1.54) is 32.4 Å². The van der Waals surface area contributed by atoms with Crippen LogP contribution in [0.4, 0.5) is 0 Å². The quantitative estimate of drug-likeness (QED) is 0.600. The number of carbonyl (C=O) groups excluding carboxylic acids is 1. The number of rotatable bonds is 0. The number of ketones is 1. The maximum Gasteiger partial charge on any atom is 0.132 e. The van der Waals surface area contributed by atoms with E-state index in [0.717, 1.165) is 25.7 Å². The van der Waals surface area contributed by atoms with Gasteiger partial charge in [0.1, 0.15) is 5.78 Å². The molecule has 2 nitrogen and oxygen atoms in total. The van der Waals surface area contributed by atoms with E-state index in [9.17, 15) is 4.79 Å². The van der Waals surface area contributed by atoms with E-state index in [0.29, 0.717) is 5.78 Å². The predicted octanol–water partition coefficient (Wildman–Crippen LogP) is 1.89. The molecule has 2 heteroatoms. The number of hydrogen-bond acceptors (Lipinski definition) is 2. The van der Waals surface area contributed by atoms with Gasteiger partial charge in [0.2, 0.25) is 0 Å². The van der Waals surface area contributed by atoms with Crippen molar-refractivity contribution in [1.29, 1.82) is 0 Å². The van der Waals surface area contributed by atoms with Crippen molar-refractivity contribution >= 4 is 5.78 Å². The first-order chi connectivity index (χ1) is 5.89. The molecule has 1 saturated carbocycles. The normalized spacial score (nSPS) is 23.2. The molecule has 0 atom stereocenters. The van der Waals surface area contributed by atoms with Gasteiger partial charge in [0, 0.05) is 12.8 Å². The van der Waals surface area contributed by atoms with Gasteiger partial charge in [-0.05, 0) is 38.8 Å². The summed E-state index contributed by atoms with van der Waals surface area (Å²) < 4.78 is 0. The third kappa shape index (κ3) is 4.50. The minimum absolute atomic E-state index is 0.464. The molecule has 0 amide bonds. The Hall–Kier alpha value is -0.370. The SMILES string of the molecule is C1CCNC1.O=C1CCCCC1. The largest absolute Gasteiger partial charge is 0.317 e. The minimum atomic E-state index is 0.464. The molecule has 2 rings (SSSR count). The van der Waals surface area contributed by atoms with Gasteiger partial charge < -0.3 is 5.32 Å². The summed E-state index contributed by atoms with van der Waals surface area (Å²) in [5.41, 5.74) is 0. The Morgan fingerprint density at radius 2 is 1.42 bits per heavy atom. The highest BCUT2D eigenvalue weighted by molar-refractivity contribution is 5.78. The maximum absolute atomic E-state index is 10.5. The van der Waals surface area contributed by atoms with Crippen molar-refractivity contribution in [2.24, 2.45) is 0 Å². The van der Waals surface area contributed by atoms with E-state index in [-0.39, 0.29) is 0 Å². The number of carbonyl (C=O) groups is 1. The van der Waals surface area contributed by atoms with Crippen LogP contribution in [-0.2, 0) is 4.79 Å². The Bertz CT molecular complexity index is 114. The van der Waals surface area contributed by atoms with Gasteiger partial charge in [-0.2, -0.15) is 0 Å². The van der Waals surface area contributed by atoms with E-state index in [2.05, 4.69) is 5.32 Å². The maximum atomic E-state index is 10.5. The Balaban J connectivity index is 0.000000127. The summed E-state index contributed by atoms with van der Waals surface area (Å²) in [6.07, 6.45) is 8.02. The van der Waals surface area contributed by atoms with Crippen LogP contribution in [0.25, 0.3) is 0 Å². The fourth-order valence-corrected chi connectivity index (χ4v) is 1.57. The summed E-state index contributed by atoms with van der Waals surface area (Å²) in [6, 6.07) is 0. The van der Waals surface area contributed by atoms with Crippen molar-refractivity contribution < 1.29 is 4.79 Å². The monoisotopic (exact) mass is 169 g/mol.